The lowest BCUT2D eigenvalue weighted by atomic mass is 10.0. The first kappa shape index (κ1) is 28.1. The van der Waals surface area contributed by atoms with Crippen molar-refractivity contribution in [3.05, 3.63) is 137 Å². The Bertz CT molecular complexity index is 1750. The highest BCUT2D eigenvalue weighted by Crippen LogP contribution is 2.30. The number of hydrogen-bond donors (Lipinski definition) is 3. The predicted molar refractivity (Wildman–Crippen MR) is 150 cm³/mol. The number of anilines is 2. The summed E-state index contributed by atoms with van der Waals surface area (Å²) in [6.45, 7) is 0.588. The first-order chi connectivity index (χ1) is 20.2. The molecule has 8 nitrogen and oxygen atoms in total. The van der Waals surface area contributed by atoms with Gasteiger partial charge in [-0.25, -0.2) is 4.68 Å². The molecule has 1 unspecified atom stereocenters. The number of aliphatic hydroxyl groups excluding tert-OH is 1. The number of aliphatic hydroxyl groups is 1. The van der Waals surface area contributed by atoms with Crippen LogP contribution in [-0.2, 0) is 12.7 Å². The largest absolute Gasteiger partial charge is 0.435 e. The van der Waals surface area contributed by atoms with Crippen LogP contribution in [0.3, 0.4) is 0 Å². The highest BCUT2D eigenvalue weighted by Gasteiger charge is 2.36. The molecule has 0 aliphatic heterocycles. The molecule has 0 aliphatic carbocycles. The maximum Gasteiger partial charge on any atom is 0.435 e. The second-order valence-corrected chi connectivity index (χ2v) is 9.31. The third-order valence-electron chi connectivity index (χ3n) is 6.36. The summed E-state index contributed by atoms with van der Waals surface area (Å²) < 4.78 is 41.3. The van der Waals surface area contributed by atoms with E-state index in [0.717, 1.165) is 15.9 Å². The Morgan fingerprint density at radius 3 is 2.45 bits per heavy atom. The van der Waals surface area contributed by atoms with Crippen LogP contribution in [0.5, 0.6) is 0 Å². The molecule has 42 heavy (non-hydrogen) atoms. The van der Waals surface area contributed by atoms with Crippen LogP contribution in [0.25, 0.3) is 5.69 Å². The molecule has 2 aromatic heterocycles. The standard InChI is InChI=1S/C31H23F3N6O2/c32-31(33,34)28-16-27(40(39-28)26-8-1-4-20(14-26)17-35)30(42)38-25-7-2-6-23(15-25)29(41)22-9-11-24(12-10-22)37-19-21-5-3-13-36-18-21/h1-16,18,29,37,41H,19H2,(H,38,42). The molecular weight excluding hydrogens is 545 g/mol. The van der Waals surface area contributed by atoms with Crippen LogP contribution in [0.1, 0.15) is 44.5 Å². The highest BCUT2D eigenvalue weighted by atomic mass is 19.4. The molecule has 0 bridgehead atoms. The first-order valence-corrected chi connectivity index (χ1v) is 12.7. The van der Waals surface area contributed by atoms with E-state index in [4.69, 9.17) is 0 Å². The van der Waals surface area contributed by atoms with Gasteiger partial charge in [0.25, 0.3) is 5.91 Å². The number of rotatable bonds is 8. The van der Waals surface area contributed by atoms with Crippen LogP contribution in [0, 0.1) is 11.3 Å². The van der Waals surface area contributed by atoms with Crippen LogP contribution in [0.15, 0.2) is 103 Å². The van der Waals surface area contributed by atoms with Gasteiger partial charge in [0.1, 0.15) is 11.8 Å². The zero-order valence-electron chi connectivity index (χ0n) is 21.9. The number of nitrogens with one attached hydrogen (secondary N) is 2. The minimum atomic E-state index is -4.79. The number of alkyl halides is 3. The van der Waals surface area contributed by atoms with Crippen LogP contribution >= 0.6 is 0 Å². The Balaban J connectivity index is 1.33. The number of hydrogen-bond acceptors (Lipinski definition) is 6. The third-order valence-corrected chi connectivity index (χ3v) is 6.36. The first-order valence-electron chi connectivity index (χ1n) is 12.7. The Hall–Kier alpha value is -5.47. The summed E-state index contributed by atoms with van der Waals surface area (Å²) in [6, 6.07) is 25.7. The molecule has 0 radical (unpaired) electrons. The topological polar surface area (TPSA) is 116 Å². The summed E-state index contributed by atoms with van der Waals surface area (Å²) in [5.41, 5.74) is 1.90. The molecule has 3 aromatic carbocycles. The maximum absolute atomic E-state index is 13.5. The van der Waals surface area contributed by atoms with Crippen molar-refractivity contribution in [3.8, 4) is 11.8 Å². The van der Waals surface area contributed by atoms with Crippen molar-refractivity contribution in [3.63, 3.8) is 0 Å². The number of carbonyl (C=O) groups is 1. The van der Waals surface area contributed by atoms with Gasteiger partial charge in [-0.15, -0.1) is 0 Å². The predicted octanol–water partition coefficient (Wildman–Crippen LogP) is 6.10. The molecule has 3 N–H and O–H groups in total. The van der Waals surface area contributed by atoms with Crippen molar-refractivity contribution in [2.24, 2.45) is 0 Å². The van der Waals surface area contributed by atoms with Crippen LogP contribution in [-0.4, -0.2) is 25.8 Å². The van der Waals surface area contributed by atoms with Gasteiger partial charge in [0.2, 0.25) is 0 Å². The Morgan fingerprint density at radius 1 is 0.952 bits per heavy atom. The zero-order chi connectivity index (χ0) is 29.7. The van der Waals surface area contributed by atoms with E-state index in [1.165, 1.54) is 24.3 Å². The van der Waals surface area contributed by atoms with Crippen LogP contribution in [0.2, 0.25) is 0 Å². The lowest BCUT2D eigenvalue weighted by Gasteiger charge is -2.15. The number of aromatic nitrogens is 3. The molecule has 2 heterocycles. The van der Waals surface area contributed by atoms with Gasteiger partial charge in [-0.3, -0.25) is 9.78 Å². The van der Waals surface area contributed by atoms with Crippen molar-refractivity contribution in [2.45, 2.75) is 18.8 Å². The fourth-order valence-electron chi connectivity index (χ4n) is 4.25. The quantitative estimate of drug-likeness (QED) is 0.208. The molecule has 0 saturated carbocycles. The molecule has 5 aromatic rings. The van der Waals surface area contributed by atoms with E-state index in [9.17, 15) is 28.3 Å². The average Bonchev–Trinajstić information content (AvgIpc) is 3.48. The van der Waals surface area contributed by atoms with E-state index in [2.05, 4.69) is 20.7 Å². The molecule has 0 saturated heterocycles. The number of nitriles is 1. The van der Waals surface area contributed by atoms with Gasteiger partial charge in [0.15, 0.2) is 5.69 Å². The van der Waals surface area contributed by atoms with E-state index in [-0.39, 0.29) is 22.6 Å². The van der Waals surface area contributed by atoms with Gasteiger partial charge in [-0.2, -0.15) is 23.5 Å². The van der Waals surface area contributed by atoms with Gasteiger partial charge in [0, 0.05) is 36.4 Å². The van der Waals surface area contributed by atoms with Crippen molar-refractivity contribution in [1.82, 2.24) is 14.8 Å². The van der Waals surface area contributed by atoms with Crippen LogP contribution in [0.4, 0.5) is 24.5 Å². The minimum Gasteiger partial charge on any atom is -0.384 e. The normalized spacial score (nSPS) is 11.9. The second kappa shape index (κ2) is 12.0. The van der Waals surface area contributed by atoms with E-state index in [0.29, 0.717) is 23.7 Å². The van der Waals surface area contributed by atoms with Gasteiger partial charge < -0.3 is 15.7 Å². The second-order valence-electron chi connectivity index (χ2n) is 9.31. The molecule has 1 amide bonds. The molecule has 0 fully saturated rings. The summed E-state index contributed by atoms with van der Waals surface area (Å²) in [7, 11) is 0. The van der Waals surface area contributed by atoms with Gasteiger partial charge >= 0.3 is 6.18 Å². The van der Waals surface area contributed by atoms with Gasteiger partial charge in [-0.1, -0.05) is 36.4 Å². The number of benzene rings is 3. The molecule has 5 rings (SSSR count). The molecular formula is C31H23F3N6O2. The van der Waals surface area contributed by atoms with Crippen molar-refractivity contribution in [1.29, 1.82) is 5.26 Å². The van der Waals surface area contributed by atoms with Crippen LogP contribution < -0.4 is 10.6 Å². The van der Waals surface area contributed by atoms with Gasteiger partial charge in [-0.05, 0) is 65.2 Å². The summed E-state index contributed by atoms with van der Waals surface area (Å²) >= 11 is 0. The summed E-state index contributed by atoms with van der Waals surface area (Å²) in [5, 5.41) is 29.6. The van der Waals surface area contributed by atoms with E-state index in [1.807, 2.05) is 30.3 Å². The average molecular weight is 569 g/mol. The minimum absolute atomic E-state index is 0.122. The monoisotopic (exact) mass is 568 g/mol. The molecule has 0 spiro atoms. The number of carbonyl (C=O) groups excluding carboxylic acids is 1. The SMILES string of the molecule is N#Cc1cccc(-n2nc(C(F)(F)F)cc2C(=O)Nc2cccc(C(O)c3ccc(NCc4cccnc4)cc3)c2)c1. The molecule has 11 heteroatoms. The number of nitrogens with zero attached hydrogens (tertiary/aromatic N) is 4. The third kappa shape index (κ3) is 6.46. The number of pyridine rings is 1. The Labute approximate surface area is 238 Å². The summed E-state index contributed by atoms with van der Waals surface area (Å²) in [4.78, 5) is 17.3. The lowest BCUT2D eigenvalue weighted by molar-refractivity contribution is -0.141. The summed E-state index contributed by atoms with van der Waals surface area (Å²) in [5.74, 6) is -0.851. The fourth-order valence-corrected chi connectivity index (χ4v) is 4.25. The van der Waals surface area contributed by atoms with E-state index < -0.39 is 23.9 Å². The van der Waals surface area contributed by atoms with Crippen molar-refractivity contribution < 1.29 is 23.1 Å². The molecule has 210 valence electrons. The highest BCUT2D eigenvalue weighted by molar-refractivity contribution is 6.03. The summed E-state index contributed by atoms with van der Waals surface area (Å²) in [6.07, 6.45) is -2.34. The fraction of sp³-hybridized carbons (Fsp3) is 0.0968. The van der Waals surface area contributed by atoms with Crippen molar-refractivity contribution in [2.75, 3.05) is 10.6 Å². The zero-order valence-corrected chi connectivity index (χ0v) is 21.9. The van der Waals surface area contributed by atoms with Crippen molar-refractivity contribution >= 4 is 17.3 Å². The Morgan fingerprint density at radius 2 is 1.74 bits per heavy atom. The maximum atomic E-state index is 13.5. The van der Waals surface area contributed by atoms with E-state index in [1.54, 1.807) is 48.8 Å². The smallest absolute Gasteiger partial charge is 0.384 e. The lowest BCUT2D eigenvalue weighted by Crippen LogP contribution is -2.17. The Kier molecular flexibility index (Phi) is 7.99. The van der Waals surface area contributed by atoms with Gasteiger partial charge in [0.05, 0.1) is 17.3 Å². The molecule has 0 aliphatic rings. The number of amides is 1. The number of halogens is 3. The van der Waals surface area contributed by atoms with E-state index >= 15 is 0 Å². The molecule has 1 atom stereocenters.